The van der Waals surface area contributed by atoms with Crippen molar-refractivity contribution in [1.82, 2.24) is 9.97 Å². The molecule has 0 amide bonds. The third-order valence-corrected chi connectivity index (χ3v) is 3.72. The van der Waals surface area contributed by atoms with Crippen LogP contribution in [0.3, 0.4) is 0 Å². The minimum absolute atomic E-state index is 0. The van der Waals surface area contributed by atoms with Crippen molar-refractivity contribution in [2.24, 2.45) is 0 Å². The molecule has 0 saturated heterocycles. The Labute approximate surface area is 206 Å². The Balaban J connectivity index is 0. The number of rotatable bonds is 7. The second-order valence-electron chi connectivity index (χ2n) is 7.46. The van der Waals surface area contributed by atoms with E-state index < -0.39 is 12.3 Å². The molecule has 0 fully saturated rings. The third kappa shape index (κ3) is 16.4. The molecule has 0 bridgehead atoms. The first-order valence-electron chi connectivity index (χ1n) is 10.1. The number of nitrogens with zero attached hydrogens (tertiary/aromatic N) is 2. The summed E-state index contributed by atoms with van der Waals surface area (Å²) in [4.78, 5) is 18.6. The van der Waals surface area contributed by atoms with Crippen LogP contribution in [0, 0.1) is 0 Å². The number of aromatic nitrogens is 2. The number of carboxylic acid groups (broad SMARTS) is 1. The van der Waals surface area contributed by atoms with E-state index in [1.165, 1.54) is 24.5 Å². The van der Waals surface area contributed by atoms with Gasteiger partial charge in [-0.15, -0.1) is 0 Å². The van der Waals surface area contributed by atoms with E-state index in [1.807, 2.05) is 0 Å². The van der Waals surface area contributed by atoms with E-state index in [-0.39, 0.29) is 55.0 Å². The van der Waals surface area contributed by atoms with Gasteiger partial charge in [-0.05, 0) is 58.7 Å². The molecule has 0 aromatic carbocycles. The summed E-state index contributed by atoms with van der Waals surface area (Å²) in [5, 5.41) is 60.8. The Morgan fingerprint density at radius 2 is 1.12 bits per heavy atom. The van der Waals surface area contributed by atoms with Crippen LogP contribution < -0.4 is 0 Å². The van der Waals surface area contributed by atoms with Crippen LogP contribution >= 0.6 is 0 Å². The number of aliphatic hydroxyl groups excluding tert-OH is 5. The SMILES string of the molecule is CC(O)CC(C)O.CC(O)CC(C)O.O=C(O)c1ccc(-c2ccc(C(O)O)cn2)nc1.[Ru]. The summed E-state index contributed by atoms with van der Waals surface area (Å²) < 4.78 is 0. The summed E-state index contributed by atoms with van der Waals surface area (Å²) >= 11 is 0. The topological polar surface area (TPSA) is 184 Å². The van der Waals surface area contributed by atoms with E-state index in [4.69, 9.17) is 35.7 Å². The Kier molecular flexibility index (Phi) is 17.8. The molecule has 4 unspecified atom stereocenters. The van der Waals surface area contributed by atoms with E-state index in [0.717, 1.165) is 0 Å². The quantitative estimate of drug-likeness (QED) is 0.193. The monoisotopic (exact) mass is 556 g/mol. The van der Waals surface area contributed by atoms with Gasteiger partial charge in [-0.1, -0.05) is 6.07 Å². The zero-order chi connectivity index (χ0) is 24.8. The van der Waals surface area contributed by atoms with Gasteiger partial charge in [0.15, 0.2) is 6.29 Å². The number of aliphatic hydroxyl groups is 6. The van der Waals surface area contributed by atoms with Gasteiger partial charge in [0.2, 0.25) is 0 Å². The summed E-state index contributed by atoms with van der Waals surface area (Å²) in [6, 6.07) is 6.07. The van der Waals surface area contributed by atoms with Gasteiger partial charge in [-0.2, -0.15) is 0 Å². The molecule has 2 aromatic heterocycles. The number of pyridine rings is 2. The first-order chi connectivity index (χ1) is 14.8. The number of hydrogen-bond acceptors (Lipinski definition) is 9. The van der Waals surface area contributed by atoms with Crippen molar-refractivity contribution in [3.63, 3.8) is 0 Å². The molecule has 4 atom stereocenters. The fourth-order valence-electron chi connectivity index (χ4n) is 2.37. The van der Waals surface area contributed by atoms with Gasteiger partial charge in [-0.25, -0.2) is 4.79 Å². The average molecular weight is 556 g/mol. The van der Waals surface area contributed by atoms with Crippen molar-refractivity contribution in [3.8, 4) is 11.4 Å². The molecule has 7 N–H and O–H groups in total. The van der Waals surface area contributed by atoms with Crippen LogP contribution in [-0.2, 0) is 19.5 Å². The first kappa shape index (κ1) is 33.3. The molecule has 2 heterocycles. The van der Waals surface area contributed by atoms with Crippen molar-refractivity contribution < 1.29 is 60.0 Å². The summed E-state index contributed by atoms with van der Waals surface area (Å²) in [7, 11) is 0. The number of carbonyl (C=O) groups is 1. The number of carboxylic acids is 1. The minimum Gasteiger partial charge on any atom is -0.478 e. The van der Waals surface area contributed by atoms with Gasteiger partial charge in [0, 0.05) is 37.4 Å². The Morgan fingerprint density at radius 3 is 1.33 bits per heavy atom. The Hall–Kier alpha value is -1.85. The maximum absolute atomic E-state index is 10.7. The van der Waals surface area contributed by atoms with Crippen molar-refractivity contribution >= 4 is 5.97 Å². The number of aromatic carboxylic acids is 1. The van der Waals surface area contributed by atoms with Crippen molar-refractivity contribution in [1.29, 1.82) is 0 Å². The molecule has 10 nitrogen and oxygen atoms in total. The summed E-state index contributed by atoms with van der Waals surface area (Å²) in [6.45, 7) is 6.64. The van der Waals surface area contributed by atoms with Gasteiger partial charge in [-0.3, -0.25) is 9.97 Å². The third-order valence-electron chi connectivity index (χ3n) is 3.72. The summed E-state index contributed by atoms with van der Waals surface area (Å²) in [5.41, 5.74) is 1.41. The summed E-state index contributed by atoms with van der Waals surface area (Å²) in [5.74, 6) is -1.04. The van der Waals surface area contributed by atoms with E-state index in [0.29, 0.717) is 24.2 Å². The molecule has 0 aliphatic carbocycles. The van der Waals surface area contributed by atoms with Crippen LogP contribution in [-0.4, -0.2) is 76.1 Å². The van der Waals surface area contributed by atoms with Crippen LogP contribution in [0.5, 0.6) is 0 Å². The molecule has 0 saturated carbocycles. The largest absolute Gasteiger partial charge is 0.478 e. The average Bonchev–Trinajstić information content (AvgIpc) is 2.67. The number of hydrogen-bond donors (Lipinski definition) is 7. The zero-order valence-corrected chi connectivity index (χ0v) is 20.8. The van der Waals surface area contributed by atoms with Gasteiger partial charge >= 0.3 is 5.97 Å². The summed E-state index contributed by atoms with van der Waals surface area (Å²) in [6.07, 6.45) is 0.454. The fraction of sp³-hybridized carbons (Fsp3) is 0.500. The molecule has 0 spiro atoms. The molecule has 0 radical (unpaired) electrons. The van der Waals surface area contributed by atoms with E-state index in [2.05, 4.69) is 9.97 Å². The minimum atomic E-state index is -1.56. The normalized spacial score (nSPS) is 13.8. The van der Waals surface area contributed by atoms with E-state index in [9.17, 15) is 4.79 Å². The first-order valence-corrected chi connectivity index (χ1v) is 10.1. The molecule has 0 aliphatic heterocycles. The maximum atomic E-state index is 10.7. The fourth-order valence-corrected chi connectivity index (χ4v) is 2.37. The van der Waals surface area contributed by atoms with Crippen LogP contribution in [0.25, 0.3) is 11.4 Å². The predicted octanol–water partition coefficient (Wildman–Crippen LogP) is 1.10. The van der Waals surface area contributed by atoms with Crippen LogP contribution in [0.4, 0.5) is 0 Å². The van der Waals surface area contributed by atoms with Crippen LogP contribution in [0.2, 0.25) is 0 Å². The smallest absolute Gasteiger partial charge is 0.337 e. The molecular weight excluding hydrogens is 521 g/mol. The second-order valence-corrected chi connectivity index (χ2v) is 7.46. The van der Waals surface area contributed by atoms with Crippen molar-refractivity contribution in [2.75, 3.05) is 0 Å². The molecule has 33 heavy (non-hydrogen) atoms. The standard InChI is InChI=1S/C12H10N2O4.2C5H12O2.Ru/c15-11(16)7-1-3-9(13-5-7)10-4-2-8(6-14-10)12(17)18;2*1-4(6)3-5(2)7;/h1-6,11,15-16H,(H,17,18);2*4-7H,3H2,1-2H3;. The van der Waals surface area contributed by atoms with Crippen molar-refractivity contribution in [2.45, 2.75) is 71.2 Å². The van der Waals surface area contributed by atoms with E-state index >= 15 is 0 Å². The van der Waals surface area contributed by atoms with Gasteiger partial charge in [0.05, 0.1) is 41.4 Å². The van der Waals surface area contributed by atoms with Crippen LogP contribution in [0.1, 0.15) is 62.7 Å². The molecule has 2 aromatic rings. The van der Waals surface area contributed by atoms with Gasteiger partial charge in [0.1, 0.15) is 0 Å². The molecule has 188 valence electrons. The van der Waals surface area contributed by atoms with Crippen molar-refractivity contribution in [3.05, 3.63) is 47.8 Å². The molecule has 0 aliphatic rings. The maximum Gasteiger partial charge on any atom is 0.337 e. The van der Waals surface area contributed by atoms with Crippen LogP contribution in [0.15, 0.2) is 36.7 Å². The Bertz CT molecular complexity index is 741. The molecular formula is C22H34N2O8Ru. The molecule has 2 rings (SSSR count). The molecule has 11 heteroatoms. The van der Waals surface area contributed by atoms with Gasteiger partial charge < -0.3 is 35.7 Å². The zero-order valence-electron chi connectivity index (χ0n) is 19.1. The van der Waals surface area contributed by atoms with E-state index in [1.54, 1.807) is 39.8 Å². The van der Waals surface area contributed by atoms with Gasteiger partial charge in [0.25, 0.3) is 0 Å². The Morgan fingerprint density at radius 1 is 0.727 bits per heavy atom. The predicted molar refractivity (Wildman–Crippen MR) is 118 cm³/mol. The second kappa shape index (κ2) is 17.6.